The Hall–Kier alpha value is -2.87. The van der Waals surface area contributed by atoms with E-state index in [9.17, 15) is 9.59 Å². The van der Waals surface area contributed by atoms with Crippen molar-refractivity contribution >= 4 is 40.6 Å². The van der Waals surface area contributed by atoms with Crippen molar-refractivity contribution in [2.75, 3.05) is 5.32 Å². The normalized spacial score (nSPS) is 18.5. The number of hydrogen-bond acceptors (Lipinski definition) is 6. The largest absolute Gasteiger partial charge is 0.460 e. The summed E-state index contributed by atoms with van der Waals surface area (Å²) >= 11 is 1.19. The Labute approximate surface area is 155 Å². The molecule has 2 heterocycles. The van der Waals surface area contributed by atoms with Gasteiger partial charge in [-0.2, -0.15) is 5.10 Å². The van der Waals surface area contributed by atoms with Crippen LogP contribution < -0.4 is 10.6 Å². The fourth-order valence-corrected chi connectivity index (χ4v) is 3.25. The summed E-state index contributed by atoms with van der Waals surface area (Å²) in [7, 11) is 0. The molecule has 2 N–H and O–H groups in total. The van der Waals surface area contributed by atoms with Crippen LogP contribution in [0, 0.1) is 13.8 Å². The van der Waals surface area contributed by atoms with Gasteiger partial charge >= 0.3 is 0 Å². The fourth-order valence-electron chi connectivity index (χ4n) is 2.33. The lowest BCUT2D eigenvalue weighted by molar-refractivity contribution is -0.122. The molecule has 7 nitrogen and oxygen atoms in total. The molecule has 3 rings (SSSR count). The van der Waals surface area contributed by atoms with Crippen LogP contribution in [0.3, 0.4) is 0 Å². The van der Waals surface area contributed by atoms with Crippen molar-refractivity contribution in [3.8, 4) is 0 Å². The Balaban J connectivity index is 1.56. The third-order valence-corrected chi connectivity index (χ3v) is 4.73. The fraction of sp³-hybridized carbons (Fsp3) is 0.222. The zero-order chi connectivity index (χ0) is 18.5. The van der Waals surface area contributed by atoms with E-state index in [-0.39, 0.29) is 18.2 Å². The van der Waals surface area contributed by atoms with Crippen molar-refractivity contribution in [3.05, 3.63) is 53.5 Å². The summed E-state index contributed by atoms with van der Waals surface area (Å²) in [6.45, 7) is 3.75. The number of aryl methyl sites for hydroxylation is 2. The zero-order valence-electron chi connectivity index (χ0n) is 14.4. The van der Waals surface area contributed by atoms with Crippen LogP contribution >= 0.6 is 11.8 Å². The molecule has 0 spiro atoms. The van der Waals surface area contributed by atoms with Crippen molar-refractivity contribution in [2.45, 2.75) is 25.5 Å². The SMILES string of the molecule is Cc1ccc(C=NN=C2NC(=O)C(CC(=O)Nc3ccccc3C)S2)o1. The van der Waals surface area contributed by atoms with Crippen molar-refractivity contribution in [1.82, 2.24) is 5.32 Å². The second-order valence-corrected chi connectivity index (χ2v) is 6.95. The highest BCUT2D eigenvalue weighted by Gasteiger charge is 2.32. The summed E-state index contributed by atoms with van der Waals surface area (Å²) in [6.07, 6.45) is 1.52. The molecule has 26 heavy (non-hydrogen) atoms. The lowest BCUT2D eigenvalue weighted by Gasteiger charge is -2.09. The van der Waals surface area contributed by atoms with E-state index < -0.39 is 5.25 Å². The molecule has 1 saturated heterocycles. The highest BCUT2D eigenvalue weighted by Crippen LogP contribution is 2.23. The second-order valence-electron chi connectivity index (χ2n) is 5.76. The molecule has 0 radical (unpaired) electrons. The summed E-state index contributed by atoms with van der Waals surface area (Å²) in [4.78, 5) is 24.2. The molecule has 1 aromatic heterocycles. The number of nitrogens with one attached hydrogen (secondary N) is 2. The molecule has 1 aliphatic rings. The Morgan fingerprint density at radius 2 is 2.12 bits per heavy atom. The summed E-state index contributed by atoms with van der Waals surface area (Å²) in [5, 5.41) is 13.1. The minimum absolute atomic E-state index is 0.0605. The van der Waals surface area contributed by atoms with Gasteiger partial charge in [0.1, 0.15) is 16.8 Å². The van der Waals surface area contributed by atoms with Gasteiger partial charge < -0.3 is 15.1 Å². The number of thioether (sulfide) groups is 1. The van der Waals surface area contributed by atoms with Crippen LogP contribution in [0.15, 0.2) is 51.0 Å². The first kappa shape index (κ1) is 17.9. The second kappa shape index (κ2) is 8.01. The van der Waals surface area contributed by atoms with E-state index in [1.165, 1.54) is 18.0 Å². The first-order valence-corrected chi connectivity index (χ1v) is 8.89. The van der Waals surface area contributed by atoms with E-state index in [1.807, 2.05) is 44.2 Å². The Morgan fingerprint density at radius 1 is 1.31 bits per heavy atom. The van der Waals surface area contributed by atoms with E-state index >= 15 is 0 Å². The number of carbonyl (C=O) groups excluding carboxylic acids is 2. The molecule has 2 aromatic rings. The quantitative estimate of drug-likeness (QED) is 0.625. The Kier molecular flexibility index (Phi) is 5.52. The summed E-state index contributed by atoms with van der Waals surface area (Å²) in [5.74, 6) is 0.887. The number of anilines is 1. The Bertz CT molecular complexity index is 888. The predicted molar refractivity (Wildman–Crippen MR) is 102 cm³/mol. The zero-order valence-corrected chi connectivity index (χ0v) is 15.2. The third kappa shape index (κ3) is 4.60. The van der Waals surface area contributed by atoms with Gasteiger partial charge in [-0.3, -0.25) is 9.59 Å². The maximum atomic E-state index is 12.2. The average molecular weight is 370 g/mol. The number of para-hydroxylation sites is 1. The van der Waals surface area contributed by atoms with Gasteiger partial charge in [-0.25, -0.2) is 0 Å². The molecule has 0 aliphatic carbocycles. The van der Waals surface area contributed by atoms with Crippen LogP contribution in [-0.4, -0.2) is 28.4 Å². The number of nitrogens with zero attached hydrogens (tertiary/aromatic N) is 2. The minimum Gasteiger partial charge on any atom is -0.460 e. The standard InChI is InChI=1S/C18H18N4O3S/c1-11-5-3-4-6-14(11)20-16(23)9-15-17(24)21-18(26-15)22-19-10-13-8-7-12(2)25-13/h3-8,10,15H,9H2,1-2H3,(H,20,23)(H,21,22,24). The number of amidine groups is 1. The van der Waals surface area contributed by atoms with Gasteiger partial charge in [0.15, 0.2) is 5.17 Å². The topological polar surface area (TPSA) is 96.1 Å². The number of hydrogen-bond donors (Lipinski definition) is 2. The Morgan fingerprint density at radius 3 is 2.85 bits per heavy atom. The van der Waals surface area contributed by atoms with Gasteiger partial charge in [0.25, 0.3) is 0 Å². The van der Waals surface area contributed by atoms with E-state index in [1.54, 1.807) is 6.07 Å². The van der Waals surface area contributed by atoms with Gasteiger partial charge in [-0.15, -0.1) is 5.10 Å². The van der Waals surface area contributed by atoms with Crippen molar-refractivity contribution in [2.24, 2.45) is 10.2 Å². The van der Waals surface area contributed by atoms with Gasteiger partial charge in [0.2, 0.25) is 11.8 Å². The predicted octanol–water partition coefficient (Wildman–Crippen LogP) is 2.85. The van der Waals surface area contributed by atoms with Crippen molar-refractivity contribution in [1.29, 1.82) is 0 Å². The lowest BCUT2D eigenvalue weighted by Crippen LogP contribution is -2.28. The first-order valence-electron chi connectivity index (χ1n) is 8.02. The van der Waals surface area contributed by atoms with Crippen LogP contribution in [-0.2, 0) is 9.59 Å². The summed E-state index contributed by atoms with van der Waals surface area (Å²) in [6, 6.07) is 11.1. The van der Waals surface area contributed by atoms with Crippen LogP contribution in [0.5, 0.6) is 0 Å². The van der Waals surface area contributed by atoms with E-state index in [2.05, 4.69) is 20.8 Å². The average Bonchev–Trinajstić information content (AvgIpc) is 3.16. The van der Waals surface area contributed by atoms with E-state index in [0.717, 1.165) is 17.0 Å². The molecule has 0 bridgehead atoms. The number of furan rings is 1. The van der Waals surface area contributed by atoms with Crippen molar-refractivity contribution in [3.63, 3.8) is 0 Å². The monoisotopic (exact) mass is 370 g/mol. The molecule has 8 heteroatoms. The number of rotatable bonds is 5. The molecule has 1 aliphatic heterocycles. The first-order chi connectivity index (χ1) is 12.5. The van der Waals surface area contributed by atoms with Crippen LogP contribution in [0.4, 0.5) is 5.69 Å². The molecular weight excluding hydrogens is 352 g/mol. The molecule has 1 fully saturated rings. The highest BCUT2D eigenvalue weighted by atomic mass is 32.2. The van der Waals surface area contributed by atoms with Gasteiger partial charge in [0, 0.05) is 12.1 Å². The lowest BCUT2D eigenvalue weighted by atomic mass is 10.2. The number of carbonyl (C=O) groups is 2. The summed E-state index contributed by atoms with van der Waals surface area (Å²) in [5.41, 5.74) is 1.71. The van der Waals surface area contributed by atoms with E-state index in [4.69, 9.17) is 4.42 Å². The molecule has 134 valence electrons. The third-order valence-electron chi connectivity index (χ3n) is 3.66. The molecule has 1 atom stereocenters. The molecule has 2 amide bonds. The van der Waals surface area contributed by atoms with Gasteiger partial charge in [-0.1, -0.05) is 30.0 Å². The van der Waals surface area contributed by atoms with Crippen molar-refractivity contribution < 1.29 is 14.0 Å². The van der Waals surface area contributed by atoms with Crippen LogP contribution in [0.1, 0.15) is 23.5 Å². The molecule has 1 unspecified atom stereocenters. The molecule has 1 aromatic carbocycles. The maximum Gasteiger partial charge on any atom is 0.240 e. The van der Waals surface area contributed by atoms with Gasteiger partial charge in [-0.05, 0) is 37.6 Å². The molecule has 0 saturated carbocycles. The number of benzene rings is 1. The van der Waals surface area contributed by atoms with Crippen LogP contribution in [0.2, 0.25) is 0 Å². The van der Waals surface area contributed by atoms with Gasteiger partial charge in [0.05, 0.1) is 6.21 Å². The minimum atomic E-state index is -0.529. The van der Waals surface area contributed by atoms with E-state index in [0.29, 0.717) is 10.9 Å². The smallest absolute Gasteiger partial charge is 0.240 e. The molecular formula is C18H18N4O3S. The highest BCUT2D eigenvalue weighted by molar-refractivity contribution is 8.15. The van der Waals surface area contributed by atoms with Crippen LogP contribution in [0.25, 0.3) is 0 Å². The maximum absolute atomic E-state index is 12.2. The summed E-state index contributed by atoms with van der Waals surface area (Å²) < 4.78 is 5.34. The number of amides is 2.